The SMILES string of the molecule is CC(C)P(Cl)C1CCCC1. The largest absolute Gasteiger partial charge is 0.0959 e. The van der Waals surface area contributed by atoms with Crippen molar-refractivity contribution >= 4 is 18.5 Å². The standard InChI is InChI=1S/C8H16ClP/c1-7(2)10(9)8-5-3-4-6-8/h7-8H,3-6H2,1-2H3. The fraction of sp³-hybridized carbons (Fsp3) is 1.00. The van der Waals surface area contributed by atoms with E-state index in [1.165, 1.54) is 25.7 Å². The Hall–Kier alpha value is 0.720. The molecule has 0 aromatic carbocycles. The molecular weight excluding hydrogens is 163 g/mol. The summed E-state index contributed by atoms with van der Waals surface area (Å²) in [6, 6.07) is 0. The van der Waals surface area contributed by atoms with E-state index in [2.05, 4.69) is 13.8 Å². The lowest BCUT2D eigenvalue weighted by Gasteiger charge is -2.19. The predicted molar refractivity (Wildman–Crippen MR) is 50.2 cm³/mol. The van der Waals surface area contributed by atoms with E-state index in [1.54, 1.807) is 0 Å². The van der Waals surface area contributed by atoms with Crippen LogP contribution in [0.2, 0.25) is 0 Å². The van der Waals surface area contributed by atoms with Crippen molar-refractivity contribution in [2.75, 3.05) is 0 Å². The van der Waals surface area contributed by atoms with Crippen molar-refractivity contribution in [3.8, 4) is 0 Å². The summed E-state index contributed by atoms with van der Waals surface area (Å²) in [7, 11) is -0.168. The maximum atomic E-state index is 6.29. The molecule has 60 valence electrons. The second kappa shape index (κ2) is 3.93. The monoisotopic (exact) mass is 178 g/mol. The summed E-state index contributed by atoms with van der Waals surface area (Å²) in [5.41, 5.74) is 1.61. The third-order valence-corrected chi connectivity index (χ3v) is 6.37. The van der Waals surface area contributed by atoms with Crippen LogP contribution in [-0.2, 0) is 0 Å². The fourth-order valence-corrected chi connectivity index (χ4v) is 3.86. The third kappa shape index (κ3) is 2.10. The molecule has 0 N–H and O–H groups in total. The Morgan fingerprint density at radius 1 is 1.30 bits per heavy atom. The van der Waals surface area contributed by atoms with E-state index < -0.39 is 0 Å². The summed E-state index contributed by atoms with van der Waals surface area (Å²) in [6.45, 7) is 4.49. The maximum absolute atomic E-state index is 6.29. The van der Waals surface area contributed by atoms with Crippen LogP contribution in [0.5, 0.6) is 0 Å². The zero-order valence-electron chi connectivity index (χ0n) is 6.81. The van der Waals surface area contributed by atoms with Crippen molar-refractivity contribution in [2.24, 2.45) is 0 Å². The molecule has 0 aromatic heterocycles. The normalized spacial score (nSPS) is 24.0. The first-order valence-corrected chi connectivity index (χ1v) is 6.54. The highest BCUT2D eigenvalue weighted by molar-refractivity contribution is 7.85. The number of hydrogen-bond acceptors (Lipinski definition) is 0. The van der Waals surface area contributed by atoms with Gasteiger partial charge in [-0.15, -0.1) is 0 Å². The molecule has 0 bridgehead atoms. The Labute approximate surface area is 69.9 Å². The molecule has 1 rings (SSSR count). The van der Waals surface area contributed by atoms with E-state index in [-0.39, 0.29) is 7.27 Å². The molecule has 0 amide bonds. The highest BCUT2D eigenvalue weighted by Gasteiger charge is 2.24. The lowest BCUT2D eigenvalue weighted by molar-refractivity contribution is 0.882. The van der Waals surface area contributed by atoms with E-state index in [4.69, 9.17) is 11.2 Å². The first-order valence-electron chi connectivity index (χ1n) is 4.16. The van der Waals surface area contributed by atoms with Crippen LogP contribution in [0.1, 0.15) is 39.5 Å². The minimum Gasteiger partial charge on any atom is -0.0959 e. The minimum atomic E-state index is -0.168. The van der Waals surface area contributed by atoms with Crippen LogP contribution in [0.25, 0.3) is 0 Å². The van der Waals surface area contributed by atoms with Gasteiger partial charge in [-0.3, -0.25) is 0 Å². The Balaban J connectivity index is 2.32. The van der Waals surface area contributed by atoms with Gasteiger partial charge in [0.2, 0.25) is 0 Å². The van der Waals surface area contributed by atoms with Crippen LogP contribution in [0.4, 0.5) is 0 Å². The lowest BCUT2D eigenvalue weighted by atomic mass is 10.4. The zero-order chi connectivity index (χ0) is 7.56. The first kappa shape index (κ1) is 8.81. The van der Waals surface area contributed by atoms with Crippen LogP contribution >= 0.6 is 18.5 Å². The topological polar surface area (TPSA) is 0 Å². The molecule has 0 heterocycles. The lowest BCUT2D eigenvalue weighted by Crippen LogP contribution is -2.01. The Morgan fingerprint density at radius 2 is 1.80 bits per heavy atom. The van der Waals surface area contributed by atoms with Crippen molar-refractivity contribution in [3.63, 3.8) is 0 Å². The zero-order valence-corrected chi connectivity index (χ0v) is 8.46. The van der Waals surface area contributed by atoms with Gasteiger partial charge in [0.05, 0.1) is 0 Å². The summed E-state index contributed by atoms with van der Waals surface area (Å²) < 4.78 is 0. The minimum absolute atomic E-state index is 0.168. The number of rotatable bonds is 2. The van der Waals surface area contributed by atoms with Gasteiger partial charge in [-0.1, -0.05) is 37.9 Å². The molecule has 1 saturated carbocycles. The van der Waals surface area contributed by atoms with E-state index in [0.717, 1.165) is 11.3 Å². The van der Waals surface area contributed by atoms with E-state index in [0.29, 0.717) is 0 Å². The van der Waals surface area contributed by atoms with Crippen molar-refractivity contribution in [3.05, 3.63) is 0 Å². The predicted octanol–water partition coefficient (Wildman–Crippen LogP) is 3.97. The van der Waals surface area contributed by atoms with E-state index >= 15 is 0 Å². The average molecular weight is 179 g/mol. The highest BCUT2D eigenvalue weighted by Crippen LogP contribution is 2.56. The second-order valence-corrected chi connectivity index (χ2v) is 7.00. The Bertz CT molecular complexity index is 97.4. The molecule has 1 aliphatic rings. The van der Waals surface area contributed by atoms with Crippen LogP contribution < -0.4 is 0 Å². The summed E-state index contributed by atoms with van der Waals surface area (Å²) >= 11 is 6.29. The first-order chi connectivity index (χ1) is 4.72. The molecule has 10 heavy (non-hydrogen) atoms. The van der Waals surface area contributed by atoms with Gasteiger partial charge in [0, 0.05) is 0 Å². The van der Waals surface area contributed by atoms with Crippen LogP contribution in [-0.4, -0.2) is 11.3 Å². The molecular formula is C8H16ClP. The molecule has 1 fully saturated rings. The summed E-state index contributed by atoms with van der Waals surface area (Å²) in [4.78, 5) is 0. The van der Waals surface area contributed by atoms with Gasteiger partial charge in [0.15, 0.2) is 0 Å². The molecule has 2 heteroatoms. The van der Waals surface area contributed by atoms with Crippen LogP contribution in [0.3, 0.4) is 0 Å². The van der Waals surface area contributed by atoms with Gasteiger partial charge < -0.3 is 0 Å². The number of hydrogen-bond donors (Lipinski definition) is 0. The van der Waals surface area contributed by atoms with Gasteiger partial charge >= 0.3 is 0 Å². The van der Waals surface area contributed by atoms with Gasteiger partial charge in [-0.05, 0) is 31.4 Å². The van der Waals surface area contributed by atoms with Crippen molar-refractivity contribution in [2.45, 2.75) is 50.8 Å². The fourth-order valence-electron chi connectivity index (χ4n) is 1.57. The molecule has 0 radical (unpaired) electrons. The molecule has 0 aliphatic heterocycles. The van der Waals surface area contributed by atoms with E-state index in [1.807, 2.05) is 0 Å². The van der Waals surface area contributed by atoms with Gasteiger partial charge in [0.25, 0.3) is 0 Å². The Morgan fingerprint density at radius 3 is 2.20 bits per heavy atom. The van der Waals surface area contributed by atoms with Gasteiger partial charge in [-0.25, -0.2) is 0 Å². The number of halogens is 1. The van der Waals surface area contributed by atoms with Crippen LogP contribution in [0, 0.1) is 0 Å². The van der Waals surface area contributed by atoms with E-state index in [9.17, 15) is 0 Å². The summed E-state index contributed by atoms with van der Waals surface area (Å²) in [6.07, 6.45) is 5.63. The maximum Gasteiger partial charge on any atom is -0.00395 e. The van der Waals surface area contributed by atoms with Gasteiger partial charge in [-0.2, -0.15) is 0 Å². The molecule has 0 aromatic rings. The molecule has 0 saturated heterocycles. The summed E-state index contributed by atoms with van der Waals surface area (Å²) in [5.74, 6) is 0. The molecule has 1 unspecified atom stereocenters. The molecule has 1 aliphatic carbocycles. The molecule has 1 atom stereocenters. The third-order valence-electron chi connectivity index (χ3n) is 2.17. The quantitative estimate of drug-likeness (QED) is 0.562. The van der Waals surface area contributed by atoms with Crippen molar-refractivity contribution in [1.82, 2.24) is 0 Å². The van der Waals surface area contributed by atoms with Crippen molar-refractivity contribution < 1.29 is 0 Å². The van der Waals surface area contributed by atoms with Crippen LogP contribution in [0.15, 0.2) is 0 Å². The molecule has 0 nitrogen and oxygen atoms in total. The van der Waals surface area contributed by atoms with Crippen molar-refractivity contribution in [1.29, 1.82) is 0 Å². The van der Waals surface area contributed by atoms with Gasteiger partial charge in [0.1, 0.15) is 0 Å². The summed E-state index contributed by atoms with van der Waals surface area (Å²) in [5, 5.41) is 0. The highest BCUT2D eigenvalue weighted by atomic mass is 35.7. The average Bonchev–Trinajstić information content (AvgIpc) is 2.36. The molecule has 0 spiro atoms. The smallest absolute Gasteiger partial charge is 0.00395 e. The second-order valence-electron chi connectivity index (χ2n) is 3.38. The Kier molecular flexibility index (Phi) is 3.46.